The molecule has 0 aromatic heterocycles. The Morgan fingerprint density at radius 1 is 0.297 bits per heavy atom. The molecule has 0 unspecified atom stereocenters. The molecule has 24 nitrogen and oxygen atoms in total. The summed E-state index contributed by atoms with van der Waals surface area (Å²) in [6.07, 6.45) is 0. The van der Waals surface area contributed by atoms with Crippen LogP contribution in [0.5, 0.6) is 0 Å². The molecular formula is C6Mn7N6O18. The summed E-state index contributed by atoms with van der Waals surface area (Å²) in [6, 6.07) is 0. The molecule has 0 aromatic rings. The first kappa shape index (κ1) is 51.6. The quantitative estimate of drug-likeness (QED) is 0.205. The molecule has 0 N–H and O–H groups in total. The summed E-state index contributed by atoms with van der Waals surface area (Å²) in [6.45, 7) is 0. The summed E-state index contributed by atoms with van der Waals surface area (Å²) < 4.78 is 165. The van der Waals surface area contributed by atoms with Crippen molar-refractivity contribution in [3.63, 3.8) is 0 Å². The largest absolute Gasteiger partial charge is 6.00 e. The van der Waals surface area contributed by atoms with Gasteiger partial charge in [-0.3, -0.25) is 0 Å². The second-order valence-electron chi connectivity index (χ2n) is 3.03. The molecule has 0 aliphatic carbocycles. The van der Waals surface area contributed by atoms with Crippen LogP contribution in [0.1, 0.15) is 0 Å². The summed E-state index contributed by atoms with van der Waals surface area (Å²) in [5.41, 5.74) is 0. The standard InChI is InChI=1S/6CN.7Mn.18O/c6*1-2;;;;;;;;;;;;;;;;;;;;;;;;;/q;;;;;;;;;;;;+6;;;;;;;;;;;;;6*-1. The number of rotatable bonds is 0. The van der Waals surface area contributed by atoms with Gasteiger partial charge in [0.1, 0.15) is 0 Å². The van der Waals surface area contributed by atoms with E-state index < -0.39 is 78.2 Å². The second-order valence-corrected chi connectivity index (χ2v) is 12.5. The second kappa shape index (κ2) is 23.1. The molecule has 0 heterocycles. The summed E-state index contributed by atoms with van der Waals surface area (Å²) in [5, 5.41) is 43.7. The first-order chi connectivity index (χ1) is 15.4. The van der Waals surface area contributed by atoms with Crippen LogP contribution >= 0.6 is 0 Å². The predicted molar refractivity (Wildman–Crippen MR) is 41.9 cm³/mol. The van der Waals surface area contributed by atoms with Gasteiger partial charge in [0, 0.05) is 0 Å². The molecule has 0 rings (SSSR count). The summed E-state index contributed by atoms with van der Waals surface area (Å²) in [5.74, 6) is 0. The van der Waals surface area contributed by atoms with E-state index in [-0.39, 0.29) is 17.1 Å². The Bertz CT molecular complexity index is 1290. The number of nitriles is 6. The molecule has 31 heteroatoms. The van der Waals surface area contributed by atoms with Crippen molar-refractivity contribution in [3.8, 4) is 29.8 Å². The SMILES string of the molecule is N#[C][Mn](=[O])(=[O])[O-].N#[C][Mn](=[O])(=[O])[O-].N#[C][Mn](=[O])(=[O])[O-].N#[C][Mn](=[O])(=[O])[O-].N#[C][Mn](=[O])(=[O])[O-].N#[C][Mn](=[O])(=[O])[O-].[Mn+6]. The van der Waals surface area contributed by atoms with E-state index >= 15 is 0 Å². The molecule has 0 fully saturated rings. The third-order valence-corrected chi connectivity index (χ3v) is 2.56. The van der Waals surface area contributed by atoms with Crippen molar-refractivity contribution in [1.82, 2.24) is 0 Å². The maximum atomic E-state index is 9.14. The zero-order chi connectivity index (χ0) is 31.2. The van der Waals surface area contributed by atoms with Crippen molar-refractivity contribution < 1.29 is 166 Å². The molecule has 0 saturated carbocycles. The number of nitrogens with zero attached hydrogens (tertiary/aromatic N) is 6. The van der Waals surface area contributed by atoms with E-state index in [4.69, 9.17) is 103 Å². The van der Waals surface area contributed by atoms with Crippen LogP contribution in [0.25, 0.3) is 0 Å². The van der Waals surface area contributed by atoms with Crippen molar-refractivity contribution in [2.75, 3.05) is 0 Å². The van der Waals surface area contributed by atoms with Crippen LogP contribution in [0.4, 0.5) is 0 Å². The minimum atomic E-state index is -5.09. The smallest absolute Gasteiger partial charge is 6.00 e. The first-order valence-corrected chi connectivity index (χ1v) is 17.5. The van der Waals surface area contributed by atoms with E-state index in [2.05, 4.69) is 0 Å². The van der Waals surface area contributed by atoms with E-state index in [0.717, 1.165) is 0 Å². The molecule has 0 aliphatic rings. The monoisotopic (exact) mass is 828 g/mol. The van der Waals surface area contributed by atoms with Gasteiger partial charge in [-0.05, 0) is 0 Å². The third-order valence-electron chi connectivity index (χ3n) is 0.621. The molecule has 0 spiro atoms. The van der Waals surface area contributed by atoms with E-state index in [1.165, 1.54) is 0 Å². The molecule has 0 amide bonds. The van der Waals surface area contributed by atoms with Crippen molar-refractivity contribution in [2.45, 2.75) is 0 Å². The molecule has 0 aromatic carbocycles. The minimum absolute atomic E-state index is 0. The topological polar surface area (TPSA) is 486 Å². The van der Waals surface area contributed by atoms with Crippen molar-refractivity contribution in [2.24, 2.45) is 0 Å². The van der Waals surface area contributed by atoms with Crippen LogP contribution in [0.15, 0.2) is 0 Å². The van der Waals surface area contributed by atoms with Gasteiger partial charge in [0.05, 0.1) is 0 Å². The van der Waals surface area contributed by atoms with Crippen LogP contribution in [0.2, 0.25) is 0 Å². The Morgan fingerprint density at radius 2 is 0.324 bits per heavy atom. The Balaban J connectivity index is -0.0000000581. The molecule has 1 radical (unpaired) electrons. The fraction of sp³-hybridized carbons (Fsp3) is 0. The van der Waals surface area contributed by atoms with Gasteiger partial charge in [-0.1, -0.05) is 0 Å². The van der Waals surface area contributed by atoms with E-state index in [1.54, 1.807) is 0 Å². The van der Waals surface area contributed by atoms with Gasteiger partial charge in [0.25, 0.3) is 0 Å². The van der Waals surface area contributed by atoms with Crippen LogP contribution in [0.3, 0.4) is 0 Å². The van der Waals surface area contributed by atoms with Crippen molar-refractivity contribution in [3.05, 3.63) is 0 Å². The molecule has 211 valence electrons. The van der Waals surface area contributed by atoms with Crippen molar-refractivity contribution >= 4 is 0 Å². The fourth-order valence-corrected chi connectivity index (χ4v) is 0. The van der Waals surface area contributed by atoms with Gasteiger partial charge in [-0.2, -0.15) is 0 Å². The van der Waals surface area contributed by atoms with Crippen LogP contribution in [0, 0.1) is 61.4 Å². The van der Waals surface area contributed by atoms with E-state index in [9.17, 15) is 0 Å². The zero-order valence-electron chi connectivity index (χ0n) is 15.7. The minimum Gasteiger partial charge on any atom is 6.00 e. The average molecular weight is 829 g/mol. The zero-order valence-corrected chi connectivity index (χ0v) is 23.9. The van der Waals surface area contributed by atoms with Crippen LogP contribution in [-0.4, -0.2) is 0 Å². The van der Waals surface area contributed by atoms with Gasteiger partial charge in [0.15, 0.2) is 0 Å². The van der Waals surface area contributed by atoms with Crippen LogP contribution in [-0.2, 0) is 141 Å². The van der Waals surface area contributed by atoms with Crippen molar-refractivity contribution in [1.29, 1.82) is 31.6 Å². The molecule has 0 aliphatic heterocycles. The van der Waals surface area contributed by atoms with Gasteiger partial charge in [-0.25, -0.2) is 0 Å². The van der Waals surface area contributed by atoms with E-state index in [0.29, 0.717) is 29.8 Å². The number of hydrogen-bond acceptors (Lipinski definition) is 24. The Labute approximate surface area is 226 Å². The molecule has 0 bridgehead atoms. The van der Waals surface area contributed by atoms with Gasteiger partial charge < -0.3 is 0 Å². The summed E-state index contributed by atoms with van der Waals surface area (Å²) in [7, 11) is 0. The molecule has 0 saturated heterocycles. The third kappa shape index (κ3) is 136. The van der Waals surface area contributed by atoms with Gasteiger partial charge in [-0.15, -0.1) is 0 Å². The van der Waals surface area contributed by atoms with Gasteiger partial charge >= 0.3 is 228 Å². The predicted octanol–water partition coefficient (Wildman–Crippen LogP) is -8.48. The molecular weight excluding hydrogens is 829 g/mol. The molecule has 37 heavy (non-hydrogen) atoms. The fourth-order valence-electron chi connectivity index (χ4n) is 0. The Hall–Kier alpha value is -2.06. The average Bonchev–Trinajstić information content (AvgIpc) is 2.67. The Morgan fingerprint density at radius 3 is 0.324 bits per heavy atom. The molecule has 0 atom stereocenters. The van der Waals surface area contributed by atoms with Crippen LogP contribution < -0.4 is 25.1 Å². The summed E-state index contributed by atoms with van der Waals surface area (Å²) in [4.78, 5) is 3.47. The van der Waals surface area contributed by atoms with Gasteiger partial charge in [0.2, 0.25) is 0 Å². The summed E-state index contributed by atoms with van der Waals surface area (Å²) >= 11 is -30.5. The van der Waals surface area contributed by atoms with E-state index in [1.807, 2.05) is 0 Å². The maximum Gasteiger partial charge on any atom is 6.00 e. The maximum absolute atomic E-state index is 9.14. The Kier molecular flexibility index (Phi) is 32.2. The normalized spacial score (nSPS) is 9.73. The first-order valence-electron chi connectivity index (χ1n) is 5.25. The number of hydrogen-bond donors (Lipinski definition) is 0.